The molecule has 0 saturated heterocycles. The first-order valence-electron chi connectivity index (χ1n) is 4.67. The Morgan fingerprint density at radius 3 is 2.46 bits per heavy atom. The number of hydrogen-bond acceptors (Lipinski definition) is 1. The summed E-state index contributed by atoms with van der Waals surface area (Å²) in [5.41, 5.74) is 2.48. The maximum atomic E-state index is 5.67. The van der Waals surface area contributed by atoms with Gasteiger partial charge in [0.05, 0.1) is 12.2 Å². The fraction of sp³-hybridized carbons (Fsp3) is 0.500. The van der Waals surface area contributed by atoms with Crippen LogP contribution in [-0.2, 0) is 11.3 Å². The molecular formula is C12H18O. The van der Waals surface area contributed by atoms with E-state index in [1.165, 1.54) is 11.1 Å². The molecule has 0 fully saturated rings. The van der Waals surface area contributed by atoms with Gasteiger partial charge in [-0.2, -0.15) is 0 Å². The van der Waals surface area contributed by atoms with E-state index in [0.717, 1.165) is 0 Å². The second kappa shape index (κ2) is 3.93. The highest BCUT2D eigenvalue weighted by atomic mass is 16.5. The Labute approximate surface area is 80.7 Å². The van der Waals surface area contributed by atoms with Crippen molar-refractivity contribution < 1.29 is 4.74 Å². The Balaban J connectivity index is 2.55. The molecular weight excluding hydrogens is 160 g/mol. The summed E-state index contributed by atoms with van der Waals surface area (Å²) in [5, 5.41) is 0. The average molecular weight is 178 g/mol. The molecule has 0 heterocycles. The Kier molecular flexibility index (Phi) is 3.10. The number of ether oxygens (including phenoxy) is 1. The van der Waals surface area contributed by atoms with E-state index in [-0.39, 0.29) is 5.60 Å². The van der Waals surface area contributed by atoms with Crippen molar-refractivity contribution >= 4 is 0 Å². The lowest BCUT2D eigenvalue weighted by Gasteiger charge is -2.19. The van der Waals surface area contributed by atoms with Gasteiger partial charge in [-0.25, -0.2) is 0 Å². The summed E-state index contributed by atoms with van der Waals surface area (Å²) in [6.45, 7) is 9.01. The average Bonchev–Trinajstić information content (AvgIpc) is 2.00. The van der Waals surface area contributed by atoms with Crippen molar-refractivity contribution in [2.75, 3.05) is 0 Å². The van der Waals surface area contributed by atoms with Crippen LogP contribution in [-0.4, -0.2) is 5.60 Å². The fourth-order valence-electron chi connectivity index (χ4n) is 1.10. The van der Waals surface area contributed by atoms with Gasteiger partial charge in [-0.3, -0.25) is 0 Å². The van der Waals surface area contributed by atoms with E-state index in [1.807, 2.05) is 0 Å². The second-order valence-electron chi connectivity index (χ2n) is 4.39. The van der Waals surface area contributed by atoms with Crippen LogP contribution in [0.2, 0.25) is 0 Å². The lowest BCUT2D eigenvalue weighted by molar-refractivity contribution is -0.0149. The molecule has 0 aliphatic heterocycles. The molecule has 0 spiro atoms. The van der Waals surface area contributed by atoms with Crippen molar-refractivity contribution in [2.45, 2.75) is 39.9 Å². The molecule has 0 N–H and O–H groups in total. The van der Waals surface area contributed by atoms with Gasteiger partial charge >= 0.3 is 0 Å². The van der Waals surface area contributed by atoms with Crippen LogP contribution in [0.5, 0.6) is 0 Å². The van der Waals surface area contributed by atoms with Crippen LogP contribution in [0.15, 0.2) is 24.3 Å². The Bertz CT molecular complexity index is 271. The van der Waals surface area contributed by atoms with Gasteiger partial charge in [-0.1, -0.05) is 29.8 Å². The highest BCUT2D eigenvalue weighted by molar-refractivity contribution is 5.21. The first kappa shape index (κ1) is 10.3. The van der Waals surface area contributed by atoms with Gasteiger partial charge < -0.3 is 4.74 Å². The first-order chi connectivity index (χ1) is 5.97. The molecule has 1 nitrogen and oxygen atoms in total. The molecule has 0 unspecified atom stereocenters. The minimum absolute atomic E-state index is 0.0518. The smallest absolute Gasteiger partial charge is 0.0724 e. The maximum Gasteiger partial charge on any atom is 0.0724 e. The first-order valence-corrected chi connectivity index (χ1v) is 4.67. The Morgan fingerprint density at radius 2 is 1.92 bits per heavy atom. The summed E-state index contributed by atoms with van der Waals surface area (Å²) in [5.74, 6) is 0. The molecule has 1 rings (SSSR count). The molecule has 0 bridgehead atoms. The van der Waals surface area contributed by atoms with E-state index >= 15 is 0 Å². The standard InChI is InChI=1S/C12H18O/c1-10-6-5-7-11(8-10)9-13-12(2,3)4/h5-8H,9H2,1-4H3. The highest BCUT2D eigenvalue weighted by Crippen LogP contribution is 2.12. The van der Waals surface area contributed by atoms with Crippen LogP contribution in [0, 0.1) is 6.92 Å². The molecule has 0 aliphatic carbocycles. The minimum Gasteiger partial charge on any atom is -0.371 e. The fourth-order valence-corrected chi connectivity index (χ4v) is 1.10. The molecule has 0 aromatic heterocycles. The van der Waals surface area contributed by atoms with E-state index in [1.54, 1.807) is 0 Å². The van der Waals surface area contributed by atoms with Gasteiger partial charge in [0, 0.05) is 0 Å². The molecule has 0 aliphatic rings. The van der Waals surface area contributed by atoms with E-state index in [9.17, 15) is 0 Å². The molecule has 13 heavy (non-hydrogen) atoms. The topological polar surface area (TPSA) is 9.23 Å². The van der Waals surface area contributed by atoms with E-state index < -0.39 is 0 Å². The van der Waals surface area contributed by atoms with Gasteiger partial charge in [0.25, 0.3) is 0 Å². The van der Waals surface area contributed by atoms with Crippen LogP contribution < -0.4 is 0 Å². The molecule has 0 saturated carbocycles. The van der Waals surface area contributed by atoms with Gasteiger partial charge in [0.1, 0.15) is 0 Å². The minimum atomic E-state index is -0.0518. The third kappa shape index (κ3) is 4.09. The van der Waals surface area contributed by atoms with Crippen LogP contribution in [0.1, 0.15) is 31.9 Å². The Morgan fingerprint density at radius 1 is 1.23 bits per heavy atom. The molecule has 0 radical (unpaired) electrons. The van der Waals surface area contributed by atoms with Gasteiger partial charge in [-0.15, -0.1) is 0 Å². The summed E-state index contributed by atoms with van der Waals surface area (Å²) in [7, 11) is 0. The zero-order valence-corrected chi connectivity index (χ0v) is 8.92. The van der Waals surface area contributed by atoms with Gasteiger partial charge in [-0.05, 0) is 33.3 Å². The molecule has 72 valence electrons. The monoisotopic (exact) mass is 178 g/mol. The van der Waals surface area contributed by atoms with Crippen molar-refractivity contribution in [3.8, 4) is 0 Å². The third-order valence-corrected chi connectivity index (χ3v) is 1.75. The van der Waals surface area contributed by atoms with Crippen LogP contribution in [0.25, 0.3) is 0 Å². The molecule has 0 amide bonds. The predicted molar refractivity (Wildman–Crippen MR) is 55.7 cm³/mol. The second-order valence-corrected chi connectivity index (χ2v) is 4.39. The molecule has 1 aromatic carbocycles. The summed E-state index contributed by atoms with van der Waals surface area (Å²) >= 11 is 0. The van der Waals surface area contributed by atoms with Crippen molar-refractivity contribution in [3.05, 3.63) is 35.4 Å². The number of rotatable bonds is 2. The third-order valence-electron chi connectivity index (χ3n) is 1.75. The van der Waals surface area contributed by atoms with Crippen molar-refractivity contribution in [2.24, 2.45) is 0 Å². The zero-order chi connectivity index (χ0) is 9.90. The van der Waals surface area contributed by atoms with Crippen LogP contribution >= 0.6 is 0 Å². The van der Waals surface area contributed by atoms with E-state index in [4.69, 9.17) is 4.74 Å². The lowest BCUT2D eigenvalue weighted by Crippen LogP contribution is -2.18. The zero-order valence-electron chi connectivity index (χ0n) is 8.92. The maximum absolute atomic E-state index is 5.67. The Hall–Kier alpha value is -0.820. The van der Waals surface area contributed by atoms with Crippen molar-refractivity contribution in [3.63, 3.8) is 0 Å². The number of aryl methyl sites for hydroxylation is 1. The number of hydrogen-bond donors (Lipinski definition) is 0. The predicted octanol–water partition coefficient (Wildman–Crippen LogP) is 3.31. The van der Waals surface area contributed by atoms with Gasteiger partial charge in [0.15, 0.2) is 0 Å². The SMILES string of the molecule is Cc1cccc(COC(C)(C)C)c1. The van der Waals surface area contributed by atoms with Gasteiger partial charge in [0.2, 0.25) is 0 Å². The van der Waals surface area contributed by atoms with Crippen LogP contribution in [0.3, 0.4) is 0 Å². The molecule has 0 atom stereocenters. The van der Waals surface area contributed by atoms with E-state index in [2.05, 4.69) is 52.0 Å². The molecule has 1 heteroatoms. The van der Waals surface area contributed by atoms with Crippen molar-refractivity contribution in [1.82, 2.24) is 0 Å². The summed E-state index contributed by atoms with van der Waals surface area (Å²) in [4.78, 5) is 0. The van der Waals surface area contributed by atoms with E-state index in [0.29, 0.717) is 6.61 Å². The summed E-state index contributed by atoms with van der Waals surface area (Å²) in [6, 6.07) is 8.42. The summed E-state index contributed by atoms with van der Waals surface area (Å²) < 4.78 is 5.67. The summed E-state index contributed by atoms with van der Waals surface area (Å²) in [6.07, 6.45) is 0. The highest BCUT2D eigenvalue weighted by Gasteiger charge is 2.09. The number of benzene rings is 1. The quantitative estimate of drug-likeness (QED) is 0.675. The molecule has 1 aromatic rings. The lowest BCUT2D eigenvalue weighted by atomic mass is 10.1. The largest absolute Gasteiger partial charge is 0.371 e. The van der Waals surface area contributed by atoms with Crippen molar-refractivity contribution in [1.29, 1.82) is 0 Å². The van der Waals surface area contributed by atoms with Crippen LogP contribution in [0.4, 0.5) is 0 Å². The normalized spacial score (nSPS) is 11.7.